The van der Waals surface area contributed by atoms with Gasteiger partial charge < -0.3 is 22.5 Å². The van der Waals surface area contributed by atoms with E-state index in [9.17, 15) is 4.79 Å². The van der Waals surface area contributed by atoms with Gasteiger partial charge in [-0.3, -0.25) is 4.79 Å². The van der Waals surface area contributed by atoms with Crippen molar-refractivity contribution >= 4 is 29.2 Å². The van der Waals surface area contributed by atoms with E-state index in [1.54, 1.807) is 24.3 Å². The Bertz CT molecular complexity index is 499. The first-order chi connectivity index (χ1) is 8.88. The number of nitrogens with one attached hydrogen (secondary N) is 1. The summed E-state index contributed by atoms with van der Waals surface area (Å²) in [4.78, 5) is 19.1. The third-order valence-electron chi connectivity index (χ3n) is 2.15. The summed E-state index contributed by atoms with van der Waals surface area (Å²) in [5.41, 5.74) is 17.1. The fraction of sp³-hybridized carbons (Fsp3) is 0.250. The van der Waals surface area contributed by atoms with Crippen LogP contribution >= 0.6 is 0 Å². The van der Waals surface area contributed by atoms with Crippen LogP contribution in [0.1, 0.15) is 13.8 Å². The molecule has 1 amide bonds. The monoisotopic (exact) mass is 262 g/mol. The van der Waals surface area contributed by atoms with Crippen molar-refractivity contribution in [2.24, 2.45) is 33.1 Å². The SMILES string of the molecule is CC(C)C(=O)Nc1ccc(N=C(N)N=C(N)N)cc1. The molecule has 0 saturated heterocycles. The summed E-state index contributed by atoms with van der Waals surface area (Å²) in [6.45, 7) is 3.65. The van der Waals surface area contributed by atoms with Crippen LogP contribution in [0.2, 0.25) is 0 Å². The molecule has 0 aromatic heterocycles. The van der Waals surface area contributed by atoms with E-state index >= 15 is 0 Å². The van der Waals surface area contributed by atoms with Gasteiger partial charge >= 0.3 is 0 Å². The predicted molar refractivity (Wildman–Crippen MR) is 77.0 cm³/mol. The summed E-state index contributed by atoms with van der Waals surface area (Å²) in [5.74, 6) is -0.299. The third-order valence-corrected chi connectivity index (χ3v) is 2.15. The van der Waals surface area contributed by atoms with E-state index in [0.29, 0.717) is 11.4 Å². The molecule has 1 aromatic rings. The van der Waals surface area contributed by atoms with E-state index < -0.39 is 0 Å². The molecule has 0 aliphatic heterocycles. The van der Waals surface area contributed by atoms with Crippen molar-refractivity contribution in [3.05, 3.63) is 24.3 Å². The van der Waals surface area contributed by atoms with Crippen LogP contribution in [-0.2, 0) is 4.79 Å². The minimum absolute atomic E-state index is 0.0287. The van der Waals surface area contributed by atoms with Crippen LogP contribution in [0.5, 0.6) is 0 Å². The molecule has 19 heavy (non-hydrogen) atoms. The van der Waals surface area contributed by atoms with Crippen LogP contribution in [0.4, 0.5) is 11.4 Å². The van der Waals surface area contributed by atoms with Gasteiger partial charge in [-0.05, 0) is 24.3 Å². The van der Waals surface area contributed by atoms with E-state index in [-0.39, 0.29) is 23.7 Å². The lowest BCUT2D eigenvalue weighted by Gasteiger charge is -2.07. The van der Waals surface area contributed by atoms with Crippen LogP contribution in [0, 0.1) is 5.92 Å². The number of anilines is 1. The van der Waals surface area contributed by atoms with Crippen LogP contribution < -0.4 is 22.5 Å². The number of carbonyl (C=O) groups excluding carboxylic acids is 1. The molecule has 0 fully saturated rings. The van der Waals surface area contributed by atoms with Crippen molar-refractivity contribution in [3.8, 4) is 0 Å². The van der Waals surface area contributed by atoms with Crippen molar-refractivity contribution in [1.82, 2.24) is 0 Å². The maximum atomic E-state index is 11.5. The van der Waals surface area contributed by atoms with Gasteiger partial charge in [0.25, 0.3) is 0 Å². The lowest BCUT2D eigenvalue weighted by Crippen LogP contribution is -2.26. The van der Waals surface area contributed by atoms with Crippen molar-refractivity contribution in [2.75, 3.05) is 5.32 Å². The zero-order chi connectivity index (χ0) is 14.4. The van der Waals surface area contributed by atoms with Crippen LogP contribution in [0.25, 0.3) is 0 Å². The molecule has 0 radical (unpaired) electrons. The zero-order valence-corrected chi connectivity index (χ0v) is 10.9. The van der Waals surface area contributed by atoms with Crippen molar-refractivity contribution < 1.29 is 4.79 Å². The number of carbonyl (C=O) groups is 1. The van der Waals surface area contributed by atoms with Crippen LogP contribution in [-0.4, -0.2) is 17.8 Å². The molecule has 7 heteroatoms. The zero-order valence-electron chi connectivity index (χ0n) is 10.9. The first-order valence-corrected chi connectivity index (χ1v) is 5.73. The average Bonchev–Trinajstić information content (AvgIpc) is 2.30. The van der Waals surface area contributed by atoms with Crippen molar-refractivity contribution in [1.29, 1.82) is 0 Å². The Morgan fingerprint density at radius 2 is 1.74 bits per heavy atom. The Labute approximate surface area is 111 Å². The minimum Gasteiger partial charge on any atom is -0.370 e. The standard InChI is InChI=1S/C12H18N6O/c1-7(2)10(19)16-8-3-5-9(6-4-8)17-12(15)18-11(13)14/h3-7H,1-2H3,(H,16,19)(H6,13,14,15,17,18). The highest BCUT2D eigenvalue weighted by molar-refractivity contribution is 5.94. The van der Waals surface area contributed by atoms with Gasteiger partial charge in [0, 0.05) is 11.6 Å². The topological polar surface area (TPSA) is 132 Å². The summed E-state index contributed by atoms with van der Waals surface area (Å²) < 4.78 is 0. The Morgan fingerprint density at radius 1 is 1.16 bits per heavy atom. The van der Waals surface area contributed by atoms with Gasteiger partial charge in [0.2, 0.25) is 11.9 Å². The summed E-state index contributed by atoms with van der Waals surface area (Å²) in [6, 6.07) is 6.85. The first-order valence-electron chi connectivity index (χ1n) is 5.73. The average molecular weight is 262 g/mol. The van der Waals surface area contributed by atoms with E-state index in [1.165, 1.54) is 0 Å². The quantitative estimate of drug-likeness (QED) is 0.466. The Balaban J connectivity index is 2.77. The largest absolute Gasteiger partial charge is 0.370 e. The molecule has 0 atom stereocenters. The molecule has 102 valence electrons. The Morgan fingerprint density at radius 3 is 2.21 bits per heavy atom. The second-order valence-electron chi connectivity index (χ2n) is 4.20. The molecule has 0 unspecified atom stereocenters. The summed E-state index contributed by atoms with van der Waals surface area (Å²) in [7, 11) is 0. The first kappa shape index (κ1) is 14.5. The van der Waals surface area contributed by atoms with E-state index in [1.807, 2.05) is 13.8 Å². The van der Waals surface area contributed by atoms with Crippen LogP contribution in [0.15, 0.2) is 34.3 Å². The van der Waals surface area contributed by atoms with Gasteiger partial charge in [0.05, 0.1) is 5.69 Å². The molecular formula is C12H18N6O. The van der Waals surface area contributed by atoms with Gasteiger partial charge in [0.15, 0.2) is 5.96 Å². The number of amides is 1. The number of aliphatic imine (C=N–C) groups is 2. The predicted octanol–water partition coefficient (Wildman–Crippen LogP) is 0.501. The van der Waals surface area contributed by atoms with Gasteiger partial charge in [-0.15, -0.1) is 0 Å². The highest BCUT2D eigenvalue weighted by atomic mass is 16.1. The van der Waals surface area contributed by atoms with Gasteiger partial charge in [-0.2, -0.15) is 4.99 Å². The van der Waals surface area contributed by atoms with Gasteiger partial charge in [0.1, 0.15) is 0 Å². The van der Waals surface area contributed by atoms with Crippen molar-refractivity contribution in [3.63, 3.8) is 0 Å². The maximum absolute atomic E-state index is 11.5. The molecule has 7 nitrogen and oxygen atoms in total. The number of guanidine groups is 2. The lowest BCUT2D eigenvalue weighted by atomic mass is 10.2. The number of hydrogen-bond acceptors (Lipinski definition) is 2. The molecule has 0 aliphatic rings. The Kier molecular flexibility index (Phi) is 4.87. The lowest BCUT2D eigenvalue weighted by molar-refractivity contribution is -0.118. The molecule has 0 spiro atoms. The third kappa shape index (κ3) is 5.07. The highest BCUT2D eigenvalue weighted by Gasteiger charge is 2.06. The van der Waals surface area contributed by atoms with E-state index in [2.05, 4.69) is 15.3 Å². The second kappa shape index (κ2) is 6.39. The van der Waals surface area contributed by atoms with E-state index in [4.69, 9.17) is 17.2 Å². The Hall–Kier alpha value is -2.57. The molecule has 7 N–H and O–H groups in total. The van der Waals surface area contributed by atoms with Gasteiger partial charge in [-0.25, -0.2) is 4.99 Å². The molecular weight excluding hydrogens is 244 g/mol. The van der Waals surface area contributed by atoms with Gasteiger partial charge in [-0.1, -0.05) is 13.8 Å². The minimum atomic E-state index is -0.151. The number of hydrogen-bond donors (Lipinski definition) is 4. The summed E-state index contributed by atoms with van der Waals surface area (Å²) in [6.07, 6.45) is 0. The number of benzene rings is 1. The number of nitrogens with two attached hydrogens (primary N) is 3. The highest BCUT2D eigenvalue weighted by Crippen LogP contribution is 2.16. The second-order valence-corrected chi connectivity index (χ2v) is 4.20. The molecule has 0 saturated carbocycles. The normalized spacial score (nSPS) is 11.2. The summed E-state index contributed by atoms with van der Waals surface area (Å²) >= 11 is 0. The fourth-order valence-electron chi connectivity index (χ4n) is 1.20. The molecule has 1 rings (SSSR count). The molecule has 0 aliphatic carbocycles. The van der Waals surface area contributed by atoms with Crippen molar-refractivity contribution in [2.45, 2.75) is 13.8 Å². The number of nitrogens with zero attached hydrogens (tertiary/aromatic N) is 2. The van der Waals surface area contributed by atoms with Crippen LogP contribution in [0.3, 0.4) is 0 Å². The molecule has 1 aromatic carbocycles. The molecule has 0 heterocycles. The number of rotatable bonds is 3. The maximum Gasteiger partial charge on any atom is 0.226 e. The fourth-order valence-corrected chi connectivity index (χ4v) is 1.20. The summed E-state index contributed by atoms with van der Waals surface area (Å²) in [5, 5.41) is 2.77. The smallest absolute Gasteiger partial charge is 0.226 e. The van der Waals surface area contributed by atoms with E-state index in [0.717, 1.165) is 0 Å². The molecule has 0 bridgehead atoms.